The van der Waals surface area contributed by atoms with Crippen molar-refractivity contribution in [3.8, 4) is 0 Å². The van der Waals surface area contributed by atoms with Crippen molar-refractivity contribution in [2.75, 3.05) is 0 Å². The maximum Gasteiger partial charge on any atom is 0.327 e. The van der Waals surface area contributed by atoms with E-state index in [9.17, 15) is 14.4 Å². The van der Waals surface area contributed by atoms with E-state index in [1.54, 1.807) is 6.92 Å². The number of rotatable bonds is 2. The first-order valence-electron chi connectivity index (χ1n) is 3.03. The van der Waals surface area contributed by atoms with Gasteiger partial charge in [-0.15, -0.1) is 0 Å². The van der Waals surface area contributed by atoms with Crippen LogP contribution in [0.3, 0.4) is 0 Å². The molecular formula is C6H5NO4S. The van der Waals surface area contributed by atoms with Gasteiger partial charge in [0, 0.05) is 0 Å². The van der Waals surface area contributed by atoms with Crippen molar-refractivity contribution in [1.82, 2.24) is 5.06 Å². The van der Waals surface area contributed by atoms with Gasteiger partial charge in [-0.2, -0.15) is 0 Å². The summed E-state index contributed by atoms with van der Waals surface area (Å²) in [6, 6.07) is 0. The summed E-state index contributed by atoms with van der Waals surface area (Å²) < 4.78 is 0. The van der Waals surface area contributed by atoms with Crippen LogP contribution >= 0.6 is 11.8 Å². The molecule has 64 valence electrons. The van der Waals surface area contributed by atoms with Crippen molar-refractivity contribution in [3.05, 3.63) is 11.0 Å². The maximum absolute atomic E-state index is 11.1. The molecule has 0 unspecified atom stereocenters. The van der Waals surface area contributed by atoms with Crippen LogP contribution in [0, 0.1) is 0 Å². The molecule has 6 heteroatoms. The molecule has 12 heavy (non-hydrogen) atoms. The van der Waals surface area contributed by atoms with Crippen molar-refractivity contribution < 1.29 is 19.2 Å². The second-order valence-corrected chi connectivity index (χ2v) is 2.82. The minimum Gasteiger partial charge on any atom is -0.333 e. The first-order chi connectivity index (χ1) is 5.70. The summed E-state index contributed by atoms with van der Waals surface area (Å²) in [5.41, 5.74) is 0. The number of imide groups is 1. The van der Waals surface area contributed by atoms with E-state index in [0.29, 0.717) is 5.06 Å². The molecule has 1 heterocycles. The third-order valence-electron chi connectivity index (χ3n) is 1.17. The summed E-state index contributed by atoms with van der Waals surface area (Å²) in [4.78, 5) is 36.2. The number of hydroxylamine groups is 2. The lowest BCUT2D eigenvalue weighted by Gasteiger charge is -2.05. The largest absolute Gasteiger partial charge is 0.333 e. The highest BCUT2D eigenvalue weighted by Crippen LogP contribution is 2.29. The van der Waals surface area contributed by atoms with Gasteiger partial charge in [0.05, 0.1) is 4.91 Å². The minimum absolute atomic E-state index is 0.0367. The van der Waals surface area contributed by atoms with E-state index in [1.807, 2.05) is 0 Å². The Labute approximate surface area is 72.3 Å². The van der Waals surface area contributed by atoms with E-state index in [-0.39, 0.29) is 11.4 Å². The number of carbonyl (C=O) groups excluding carboxylic acids is 3. The van der Waals surface area contributed by atoms with Crippen LogP contribution in [0.15, 0.2) is 11.0 Å². The molecule has 0 aliphatic carbocycles. The summed E-state index contributed by atoms with van der Waals surface area (Å²) in [5, 5.41) is -0.173. The molecule has 1 fully saturated rings. The number of amides is 2. The molecule has 0 aromatic carbocycles. The monoisotopic (exact) mass is 187 g/mol. The smallest absolute Gasteiger partial charge is 0.327 e. The topological polar surface area (TPSA) is 63.7 Å². The normalized spacial score (nSPS) is 20.4. The Balaban J connectivity index is 2.84. The van der Waals surface area contributed by atoms with E-state index in [2.05, 4.69) is 4.84 Å². The van der Waals surface area contributed by atoms with E-state index in [0.717, 1.165) is 11.8 Å². The Morgan fingerprint density at radius 2 is 2.17 bits per heavy atom. The molecule has 1 aliphatic rings. The van der Waals surface area contributed by atoms with Gasteiger partial charge >= 0.3 is 17.6 Å². The Morgan fingerprint density at radius 1 is 1.50 bits per heavy atom. The zero-order valence-electron chi connectivity index (χ0n) is 6.14. The number of allylic oxidation sites excluding steroid dienone is 1. The predicted molar refractivity (Wildman–Crippen MR) is 40.7 cm³/mol. The minimum atomic E-state index is -0.598. The van der Waals surface area contributed by atoms with Gasteiger partial charge in [0.2, 0.25) is 0 Å². The quantitative estimate of drug-likeness (QED) is 0.469. The Kier molecular flexibility index (Phi) is 2.49. The molecule has 0 bridgehead atoms. The summed E-state index contributed by atoms with van der Waals surface area (Å²) in [7, 11) is 0. The molecule has 0 spiro atoms. The van der Waals surface area contributed by atoms with Gasteiger partial charge in [0.1, 0.15) is 0 Å². The van der Waals surface area contributed by atoms with Crippen LogP contribution in [0.4, 0.5) is 4.79 Å². The zero-order chi connectivity index (χ0) is 9.14. The number of nitrogens with zero attached hydrogens (tertiary/aromatic N) is 1. The molecule has 0 radical (unpaired) electrons. The van der Waals surface area contributed by atoms with Crippen molar-refractivity contribution in [2.24, 2.45) is 0 Å². The van der Waals surface area contributed by atoms with E-state index < -0.39 is 11.1 Å². The second kappa shape index (κ2) is 3.40. The van der Waals surface area contributed by atoms with Gasteiger partial charge in [-0.25, -0.2) is 0 Å². The van der Waals surface area contributed by atoms with Crippen LogP contribution in [-0.4, -0.2) is 22.7 Å². The maximum atomic E-state index is 11.1. The van der Waals surface area contributed by atoms with Crippen LogP contribution < -0.4 is 0 Å². The van der Waals surface area contributed by atoms with Crippen molar-refractivity contribution in [1.29, 1.82) is 0 Å². The van der Waals surface area contributed by atoms with Crippen molar-refractivity contribution in [3.63, 3.8) is 0 Å². The summed E-state index contributed by atoms with van der Waals surface area (Å²) in [5.74, 6) is -0.598. The van der Waals surface area contributed by atoms with Crippen molar-refractivity contribution in [2.45, 2.75) is 6.92 Å². The molecule has 0 aromatic heterocycles. The van der Waals surface area contributed by atoms with Gasteiger partial charge in [0.15, 0.2) is 0 Å². The Hall–Kier alpha value is -1.30. The summed E-state index contributed by atoms with van der Waals surface area (Å²) in [6.07, 6.45) is 1.49. The predicted octanol–water partition coefficient (Wildman–Crippen LogP) is 0.674. The summed E-state index contributed by atoms with van der Waals surface area (Å²) >= 11 is 0.736. The lowest BCUT2D eigenvalue weighted by Crippen LogP contribution is -2.27. The molecule has 0 atom stereocenters. The molecule has 2 amide bonds. The molecule has 0 N–H and O–H groups in total. The van der Waals surface area contributed by atoms with Gasteiger partial charge in [-0.05, 0) is 18.7 Å². The SMILES string of the molecule is C/C=C1/SC(=O)N(OC=O)C1=O. The van der Waals surface area contributed by atoms with Gasteiger partial charge in [0.25, 0.3) is 0 Å². The number of hydrogen-bond donors (Lipinski definition) is 0. The van der Waals surface area contributed by atoms with Crippen LogP contribution in [0.2, 0.25) is 0 Å². The number of hydrogen-bond acceptors (Lipinski definition) is 5. The molecule has 0 aromatic rings. The first kappa shape index (κ1) is 8.79. The van der Waals surface area contributed by atoms with Gasteiger partial charge in [-0.1, -0.05) is 11.1 Å². The Morgan fingerprint density at radius 3 is 2.58 bits per heavy atom. The molecular weight excluding hydrogens is 182 g/mol. The fourth-order valence-corrected chi connectivity index (χ4v) is 1.36. The molecule has 1 saturated heterocycles. The fraction of sp³-hybridized carbons (Fsp3) is 0.167. The third kappa shape index (κ3) is 1.33. The van der Waals surface area contributed by atoms with E-state index >= 15 is 0 Å². The number of thioether (sulfide) groups is 1. The third-order valence-corrected chi connectivity index (χ3v) is 2.14. The molecule has 5 nitrogen and oxygen atoms in total. The lowest BCUT2D eigenvalue weighted by molar-refractivity contribution is -0.168. The number of carbonyl (C=O) groups is 3. The van der Waals surface area contributed by atoms with Gasteiger partial charge in [-0.3, -0.25) is 14.4 Å². The van der Waals surface area contributed by atoms with E-state index in [1.165, 1.54) is 6.08 Å². The molecule has 0 saturated carbocycles. The standard InChI is InChI=1S/C6H5NO4S/c1-2-4-5(9)7(11-3-8)6(10)12-4/h2-3H,1H3/b4-2+. The highest BCUT2D eigenvalue weighted by atomic mass is 32.2. The van der Waals surface area contributed by atoms with E-state index in [4.69, 9.17) is 0 Å². The Bertz CT molecular complexity index is 273. The average Bonchev–Trinajstić information content (AvgIpc) is 2.32. The van der Waals surface area contributed by atoms with Crippen molar-refractivity contribution >= 4 is 29.4 Å². The summed E-state index contributed by atoms with van der Waals surface area (Å²) in [6.45, 7) is 1.66. The fourth-order valence-electron chi connectivity index (χ4n) is 0.679. The molecule has 1 aliphatic heterocycles. The first-order valence-corrected chi connectivity index (χ1v) is 3.85. The molecule has 1 rings (SSSR count). The van der Waals surface area contributed by atoms with Crippen LogP contribution in [0.5, 0.6) is 0 Å². The van der Waals surface area contributed by atoms with Crippen LogP contribution in [0.25, 0.3) is 0 Å². The zero-order valence-corrected chi connectivity index (χ0v) is 6.96. The second-order valence-electron chi connectivity index (χ2n) is 1.82. The lowest BCUT2D eigenvalue weighted by atomic mass is 10.5. The highest BCUT2D eigenvalue weighted by molar-refractivity contribution is 8.18. The van der Waals surface area contributed by atoms with Crippen LogP contribution in [0.1, 0.15) is 6.92 Å². The highest BCUT2D eigenvalue weighted by Gasteiger charge is 2.36. The van der Waals surface area contributed by atoms with Gasteiger partial charge < -0.3 is 4.84 Å². The van der Waals surface area contributed by atoms with Crippen LogP contribution in [-0.2, 0) is 14.4 Å². The average molecular weight is 187 g/mol.